The van der Waals surface area contributed by atoms with Crippen molar-refractivity contribution in [3.05, 3.63) is 86.8 Å². The van der Waals surface area contributed by atoms with Crippen molar-refractivity contribution < 1.29 is 4.79 Å². The number of nitrogens with one attached hydrogen (secondary N) is 2. The minimum absolute atomic E-state index is 0.246. The quantitative estimate of drug-likeness (QED) is 0.686. The van der Waals surface area contributed by atoms with Crippen LogP contribution in [0.4, 0.5) is 0 Å². The summed E-state index contributed by atoms with van der Waals surface area (Å²) in [4.78, 5) is 25.2. The lowest BCUT2D eigenvalue weighted by Gasteiger charge is -2.01. The molecule has 0 atom stereocenters. The standard InChI is InChI=1S/C17H14ClN5O2/c18-14-8-6-13(7-9-14)11-20-23-17(25)15(21-22-23)16(24)19-10-12-4-2-1-3-5-12/h1-9,11,22H,10H2,(H,19,24)/b20-11-. The average molecular weight is 356 g/mol. The Morgan fingerprint density at radius 1 is 1.20 bits per heavy atom. The van der Waals surface area contributed by atoms with Gasteiger partial charge in [-0.2, -0.15) is 10.3 Å². The largest absolute Gasteiger partial charge is 0.346 e. The van der Waals surface area contributed by atoms with Crippen LogP contribution in [0.15, 0.2) is 64.5 Å². The number of hydrogen-bond acceptors (Lipinski definition) is 4. The lowest BCUT2D eigenvalue weighted by atomic mass is 10.2. The summed E-state index contributed by atoms with van der Waals surface area (Å²) in [6.45, 7) is 0.306. The highest BCUT2D eigenvalue weighted by Crippen LogP contribution is 2.07. The normalized spacial score (nSPS) is 10.9. The fourth-order valence-corrected chi connectivity index (χ4v) is 2.18. The molecule has 7 nitrogen and oxygen atoms in total. The highest BCUT2D eigenvalue weighted by atomic mass is 35.5. The van der Waals surface area contributed by atoms with Gasteiger partial charge in [-0.3, -0.25) is 9.59 Å². The van der Waals surface area contributed by atoms with Crippen molar-refractivity contribution in [2.75, 3.05) is 0 Å². The van der Waals surface area contributed by atoms with Gasteiger partial charge in [-0.15, -0.1) is 9.89 Å². The van der Waals surface area contributed by atoms with Crippen molar-refractivity contribution in [1.82, 2.24) is 20.4 Å². The van der Waals surface area contributed by atoms with Crippen molar-refractivity contribution in [2.24, 2.45) is 5.10 Å². The van der Waals surface area contributed by atoms with Gasteiger partial charge in [0.05, 0.1) is 6.21 Å². The van der Waals surface area contributed by atoms with Crippen LogP contribution in [-0.4, -0.2) is 27.2 Å². The van der Waals surface area contributed by atoms with Gasteiger partial charge >= 0.3 is 5.56 Å². The summed E-state index contributed by atoms with van der Waals surface area (Å²) >= 11 is 5.81. The number of aromatic nitrogens is 3. The Morgan fingerprint density at radius 3 is 2.64 bits per heavy atom. The van der Waals surface area contributed by atoms with Crippen LogP contribution in [0, 0.1) is 0 Å². The maximum Gasteiger partial charge on any atom is 0.320 e. The van der Waals surface area contributed by atoms with E-state index in [2.05, 4.69) is 20.7 Å². The molecular formula is C17H14ClN5O2. The van der Waals surface area contributed by atoms with Crippen LogP contribution in [0.5, 0.6) is 0 Å². The molecule has 2 aromatic carbocycles. The summed E-state index contributed by atoms with van der Waals surface area (Å²) in [5.74, 6) is -0.564. The van der Waals surface area contributed by atoms with Gasteiger partial charge in [0.2, 0.25) is 5.69 Å². The number of benzene rings is 2. The maximum atomic E-state index is 12.2. The zero-order chi connectivity index (χ0) is 17.6. The minimum Gasteiger partial charge on any atom is -0.346 e. The third-order valence-corrected chi connectivity index (χ3v) is 3.61. The second-order valence-electron chi connectivity index (χ2n) is 5.14. The first kappa shape index (κ1) is 16.7. The molecule has 0 fully saturated rings. The molecule has 1 heterocycles. The van der Waals surface area contributed by atoms with E-state index in [9.17, 15) is 9.59 Å². The van der Waals surface area contributed by atoms with E-state index in [4.69, 9.17) is 11.6 Å². The van der Waals surface area contributed by atoms with E-state index in [0.29, 0.717) is 11.6 Å². The van der Waals surface area contributed by atoms with E-state index in [1.54, 1.807) is 24.3 Å². The zero-order valence-corrected chi connectivity index (χ0v) is 13.8. The number of carbonyl (C=O) groups excluding carboxylic acids is 1. The van der Waals surface area contributed by atoms with Crippen molar-refractivity contribution in [2.45, 2.75) is 6.54 Å². The predicted octanol–water partition coefficient (Wildman–Crippen LogP) is 2.04. The molecule has 0 aliphatic carbocycles. The molecule has 3 rings (SSSR count). The van der Waals surface area contributed by atoms with E-state index < -0.39 is 11.5 Å². The molecule has 0 saturated carbocycles. The van der Waals surface area contributed by atoms with Crippen LogP contribution in [-0.2, 0) is 6.54 Å². The summed E-state index contributed by atoms with van der Waals surface area (Å²) < 4.78 is 0. The van der Waals surface area contributed by atoms with Gasteiger partial charge in [-0.25, -0.2) is 0 Å². The second kappa shape index (κ2) is 7.59. The molecule has 126 valence electrons. The van der Waals surface area contributed by atoms with E-state index in [-0.39, 0.29) is 5.69 Å². The Kier molecular flexibility index (Phi) is 5.06. The second-order valence-corrected chi connectivity index (χ2v) is 5.58. The van der Waals surface area contributed by atoms with E-state index in [0.717, 1.165) is 15.9 Å². The molecule has 2 N–H and O–H groups in total. The number of carbonyl (C=O) groups is 1. The summed E-state index contributed by atoms with van der Waals surface area (Å²) in [7, 11) is 0. The summed E-state index contributed by atoms with van der Waals surface area (Å²) in [5, 5.41) is 13.4. The fourth-order valence-electron chi connectivity index (χ4n) is 2.05. The zero-order valence-electron chi connectivity index (χ0n) is 13.0. The number of amides is 1. The van der Waals surface area contributed by atoms with Gasteiger partial charge in [-0.1, -0.05) is 54.1 Å². The molecule has 0 saturated heterocycles. The predicted molar refractivity (Wildman–Crippen MR) is 94.9 cm³/mol. The van der Waals surface area contributed by atoms with Gasteiger partial charge in [0.1, 0.15) is 0 Å². The Bertz CT molecular complexity index is 945. The first-order valence-corrected chi connectivity index (χ1v) is 7.81. The lowest BCUT2D eigenvalue weighted by molar-refractivity contribution is 0.0944. The topological polar surface area (TPSA) is 92.1 Å². The molecule has 0 aliphatic heterocycles. The van der Waals surface area contributed by atoms with Gasteiger partial charge in [0, 0.05) is 11.6 Å². The Balaban J connectivity index is 1.69. The lowest BCUT2D eigenvalue weighted by Crippen LogP contribution is -2.29. The first-order chi connectivity index (χ1) is 12.1. The van der Waals surface area contributed by atoms with Crippen LogP contribution in [0.25, 0.3) is 0 Å². The third kappa shape index (κ3) is 4.21. The number of H-pyrrole nitrogens is 1. The SMILES string of the molecule is O=C(NCc1ccccc1)c1n[nH]n(/N=C\c2ccc(Cl)cc2)c1=O. The van der Waals surface area contributed by atoms with E-state index in [1.807, 2.05) is 30.3 Å². The van der Waals surface area contributed by atoms with E-state index in [1.165, 1.54) is 6.21 Å². The Hall–Kier alpha value is -3.19. The summed E-state index contributed by atoms with van der Waals surface area (Å²) in [6.07, 6.45) is 1.46. The number of aromatic amines is 1. The number of nitrogens with zero attached hydrogens (tertiary/aromatic N) is 3. The van der Waals surface area contributed by atoms with Crippen LogP contribution in [0.3, 0.4) is 0 Å². The molecule has 3 aromatic rings. The third-order valence-electron chi connectivity index (χ3n) is 3.35. The van der Waals surface area contributed by atoms with Gasteiger partial charge < -0.3 is 5.32 Å². The molecule has 1 amide bonds. The number of hydrogen-bond donors (Lipinski definition) is 2. The highest BCUT2D eigenvalue weighted by molar-refractivity contribution is 6.30. The molecule has 0 bridgehead atoms. The molecule has 0 radical (unpaired) electrons. The minimum atomic E-state index is -0.629. The van der Waals surface area contributed by atoms with E-state index >= 15 is 0 Å². The molecule has 25 heavy (non-hydrogen) atoms. The van der Waals surface area contributed by atoms with Crippen LogP contribution >= 0.6 is 11.6 Å². The van der Waals surface area contributed by atoms with Crippen molar-refractivity contribution in [1.29, 1.82) is 0 Å². The van der Waals surface area contributed by atoms with Gasteiger partial charge in [-0.05, 0) is 23.3 Å². The van der Waals surface area contributed by atoms with Gasteiger partial charge in [0.15, 0.2) is 0 Å². The highest BCUT2D eigenvalue weighted by Gasteiger charge is 2.16. The monoisotopic (exact) mass is 355 g/mol. The van der Waals surface area contributed by atoms with Crippen molar-refractivity contribution in [3.63, 3.8) is 0 Å². The van der Waals surface area contributed by atoms with Crippen LogP contribution in [0.2, 0.25) is 5.02 Å². The Labute approximate surface area is 147 Å². The average Bonchev–Trinajstić information content (AvgIpc) is 3.01. The maximum absolute atomic E-state index is 12.2. The number of halogens is 1. The van der Waals surface area contributed by atoms with Crippen molar-refractivity contribution >= 4 is 23.7 Å². The summed E-state index contributed by atoms with van der Waals surface area (Å²) in [5.41, 5.74) is 0.799. The molecule has 0 aliphatic rings. The van der Waals surface area contributed by atoms with Crippen LogP contribution < -0.4 is 10.9 Å². The Morgan fingerprint density at radius 2 is 1.92 bits per heavy atom. The van der Waals surface area contributed by atoms with Crippen molar-refractivity contribution in [3.8, 4) is 0 Å². The van der Waals surface area contributed by atoms with Crippen LogP contribution in [0.1, 0.15) is 21.6 Å². The number of rotatable bonds is 5. The molecule has 8 heteroatoms. The fraction of sp³-hybridized carbons (Fsp3) is 0.0588. The smallest absolute Gasteiger partial charge is 0.320 e. The molecule has 0 spiro atoms. The van der Waals surface area contributed by atoms with Gasteiger partial charge in [0.25, 0.3) is 5.91 Å². The molecule has 1 aromatic heterocycles. The molecular weight excluding hydrogens is 342 g/mol. The summed E-state index contributed by atoms with van der Waals surface area (Å²) in [6, 6.07) is 16.3. The first-order valence-electron chi connectivity index (χ1n) is 7.43. The molecule has 0 unspecified atom stereocenters.